The van der Waals surface area contributed by atoms with Crippen molar-refractivity contribution in [2.75, 3.05) is 0 Å². The molecular formula is C19H28N2. The molecule has 1 N–H and O–H groups in total. The summed E-state index contributed by atoms with van der Waals surface area (Å²) in [4.78, 5) is 0. The van der Waals surface area contributed by atoms with E-state index in [0.717, 1.165) is 12.5 Å². The molecule has 0 aliphatic heterocycles. The Morgan fingerprint density at radius 1 is 1.24 bits per heavy atom. The van der Waals surface area contributed by atoms with E-state index >= 15 is 0 Å². The van der Waals surface area contributed by atoms with Crippen LogP contribution in [0.1, 0.15) is 50.3 Å². The Kier molecular flexibility index (Phi) is 4.34. The lowest BCUT2D eigenvalue weighted by molar-refractivity contribution is 0.277. The van der Waals surface area contributed by atoms with E-state index in [-0.39, 0.29) is 0 Å². The number of para-hydroxylation sites is 1. The predicted molar refractivity (Wildman–Crippen MR) is 90.5 cm³/mol. The highest BCUT2D eigenvalue weighted by molar-refractivity contribution is 5.85. The molecule has 1 fully saturated rings. The van der Waals surface area contributed by atoms with Crippen LogP contribution in [0.4, 0.5) is 0 Å². The van der Waals surface area contributed by atoms with E-state index < -0.39 is 0 Å². The van der Waals surface area contributed by atoms with Gasteiger partial charge in [0, 0.05) is 36.2 Å². The third-order valence-electron chi connectivity index (χ3n) is 5.43. The molecule has 0 saturated heterocycles. The highest BCUT2D eigenvalue weighted by Crippen LogP contribution is 2.28. The Morgan fingerprint density at radius 3 is 2.81 bits per heavy atom. The monoisotopic (exact) mass is 284 g/mol. The maximum absolute atomic E-state index is 3.82. The highest BCUT2D eigenvalue weighted by atomic mass is 15.0. The van der Waals surface area contributed by atoms with Crippen molar-refractivity contribution in [3.05, 3.63) is 35.5 Å². The second-order valence-electron chi connectivity index (χ2n) is 6.67. The number of aromatic nitrogens is 1. The minimum absolute atomic E-state index is 0.709. The number of hydrogen-bond acceptors (Lipinski definition) is 1. The Labute approximate surface area is 128 Å². The summed E-state index contributed by atoms with van der Waals surface area (Å²) in [6, 6.07) is 9.44. The van der Waals surface area contributed by atoms with Gasteiger partial charge in [0.2, 0.25) is 0 Å². The molecule has 0 amide bonds. The van der Waals surface area contributed by atoms with Crippen LogP contribution in [0.5, 0.6) is 0 Å². The number of nitrogens with zero attached hydrogens (tertiary/aromatic N) is 1. The van der Waals surface area contributed by atoms with Crippen LogP contribution in [0.25, 0.3) is 10.9 Å². The molecule has 0 bridgehead atoms. The molecule has 1 heterocycles. The van der Waals surface area contributed by atoms with E-state index in [2.05, 4.69) is 55.0 Å². The zero-order chi connectivity index (χ0) is 14.8. The van der Waals surface area contributed by atoms with Crippen molar-refractivity contribution >= 4 is 10.9 Å². The zero-order valence-corrected chi connectivity index (χ0v) is 13.7. The first kappa shape index (κ1) is 14.6. The number of rotatable bonds is 4. The van der Waals surface area contributed by atoms with Gasteiger partial charge in [0.25, 0.3) is 0 Å². The molecule has 2 atom stereocenters. The van der Waals surface area contributed by atoms with E-state index in [1.54, 1.807) is 0 Å². The first-order valence-electron chi connectivity index (χ1n) is 8.47. The SMILES string of the molecule is CCC1CCCC(NCc2c(C)c3ccccc3n2C)C1. The van der Waals surface area contributed by atoms with Gasteiger partial charge < -0.3 is 9.88 Å². The van der Waals surface area contributed by atoms with Crippen LogP contribution < -0.4 is 5.32 Å². The summed E-state index contributed by atoms with van der Waals surface area (Å²) in [6.45, 7) is 5.59. The average Bonchev–Trinajstić information content (AvgIpc) is 2.78. The minimum atomic E-state index is 0.709. The molecule has 1 aliphatic rings. The summed E-state index contributed by atoms with van der Waals surface area (Å²) in [6.07, 6.45) is 6.87. The van der Waals surface area contributed by atoms with Gasteiger partial charge >= 0.3 is 0 Å². The van der Waals surface area contributed by atoms with Gasteiger partial charge in [-0.05, 0) is 37.3 Å². The van der Waals surface area contributed by atoms with Crippen molar-refractivity contribution in [2.45, 2.75) is 58.5 Å². The van der Waals surface area contributed by atoms with Gasteiger partial charge in [0.1, 0.15) is 0 Å². The number of benzene rings is 1. The van der Waals surface area contributed by atoms with E-state index in [1.807, 2.05) is 0 Å². The Bertz CT molecular complexity index is 572. The van der Waals surface area contributed by atoms with Crippen LogP contribution in [-0.2, 0) is 13.6 Å². The Morgan fingerprint density at radius 2 is 2.05 bits per heavy atom. The standard InChI is InChI=1S/C19H28N2/c1-4-15-8-7-9-16(12-15)20-13-19-14(2)17-10-5-6-11-18(17)21(19)3/h5-6,10-11,15-16,20H,4,7-9,12-13H2,1-3H3. The fourth-order valence-electron chi connectivity index (χ4n) is 3.97. The Hall–Kier alpha value is -1.28. The number of aryl methyl sites for hydroxylation is 2. The second-order valence-corrected chi connectivity index (χ2v) is 6.67. The zero-order valence-electron chi connectivity index (χ0n) is 13.7. The van der Waals surface area contributed by atoms with E-state index in [4.69, 9.17) is 0 Å². The lowest BCUT2D eigenvalue weighted by Crippen LogP contribution is -2.34. The number of hydrogen-bond donors (Lipinski definition) is 1. The smallest absolute Gasteiger partial charge is 0.0483 e. The average molecular weight is 284 g/mol. The molecule has 1 aliphatic carbocycles. The molecule has 21 heavy (non-hydrogen) atoms. The largest absolute Gasteiger partial charge is 0.346 e. The van der Waals surface area contributed by atoms with Gasteiger partial charge in [-0.2, -0.15) is 0 Å². The summed E-state index contributed by atoms with van der Waals surface area (Å²) in [5.74, 6) is 0.935. The summed E-state index contributed by atoms with van der Waals surface area (Å²) < 4.78 is 2.36. The van der Waals surface area contributed by atoms with E-state index in [0.29, 0.717) is 6.04 Å². The van der Waals surface area contributed by atoms with Gasteiger partial charge in [-0.15, -0.1) is 0 Å². The highest BCUT2D eigenvalue weighted by Gasteiger charge is 2.21. The molecule has 1 aromatic carbocycles. The molecule has 114 valence electrons. The quantitative estimate of drug-likeness (QED) is 0.872. The maximum atomic E-state index is 3.82. The van der Waals surface area contributed by atoms with Crippen molar-refractivity contribution in [1.29, 1.82) is 0 Å². The van der Waals surface area contributed by atoms with Gasteiger partial charge in [-0.25, -0.2) is 0 Å². The fraction of sp³-hybridized carbons (Fsp3) is 0.579. The molecule has 0 spiro atoms. The third-order valence-corrected chi connectivity index (χ3v) is 5.43. The first-order chi connectivity index (χ1) is 10.2. The molecule has 2 aromatic rings. The molecule has 1 aromatic heterocycles. The topological polar surface area (TPSA) is 17.0 Å². The van der Waals surface area contributed by atoms with Crippen molar-refractivity contribution in [3.8, 4) is 0 Å². The van der Waals surface area contributed by atoms with Crippen molar-refractivity contribution in [3.63, 3.8) is 0 Å². The fourth-order valence-corrected chi connectivity index (χ4v) is 3.97. The van der Waals surface area contributed by atoms with Gasteiger partial charge in [-0.3, -0.25) is 0 Å². The summed E-state index contributed by atoms with van der Waals surface area (Å²) in [7, 11) is 2.20. The molecule has 0 radical (unpaired) electrons. The minimum Gasteiger partial charge on any atom is -0.346 e. The van der Waals surface area contributed by atoms with Crippen LogP contribution in [0.2, 0.25) is 0 Å². The molecule has 1 saturated carbocycles. The van der Waals surface area contributed by atoms with Crippen LogP contribution in [0, 0.1) is 12.8 Å². The molecular weight excluding hydrogens is 256 g/mol. The van der Waals surface area contributed by atoms with Gasteiger partial charge in [-0.1, -0.05) is 44.4 Å². The van der Waals surface area contributed by atoms with Crippen LogP contribution in [0.3, 0.4) is 0 Å². The van der Waals surface area contributed by atoms with E-state index in [1.165, 1.54) is 54.3 Å². The Balaban J connectivity index is 1.73. The summed E-state index contributed by atoms with van der Waals surface area (Å²) in [5, 5.41) is 5.22. The predicted octanol–water partition coefficient (Wildman–Crippen LogP) is 4.55. The number of nitrogens with one attached hydrogen (secondary N) is 1. The molecule has 2 unspecified atom stereocenters. The number of fused-ring (bicyclic) bond motifs is 1. The van der Waals surface area contributed by atoms with Gasteiger partial charge in [0.15, 0.2) is 0 Å². The van der Waals surface area contributed by atoms with Crippen molar-refractivity contribution in [1.82, 2.24) is 9.88 Å². The first-order valence-corrected chi connectivity index (χ1v) is 8.47. The van der Waals surface area contributed by atoms with Gasteiger partial charge in [0.05, 0.1) is 0 Å². The summed E-state index contributed by atoms with van der Waals surface area (Å²) >= 11 is 0. The second kappa shape index (κ2) is 6.23. The van der Waals surface area contributed by atoms with E-state index in [9.17, 15) is 0 Å². The van der Waals surface area contributed by atoms with Crippen molar-refractivity contribution < 1.29 is 0 Å². The maximum Gasteiger partial charge on any atom is 0.0483 e. The third kappa shape index (κ3) is 2.87. The molecule has 3 rings (SSSR count). The molecule has 2 heteroatoms. The normalized spacial score (nSPS) is 22.8. The lowest BCUT2D eigenvalue weighted by Gasteiger charge is -2.29. The summed E-state index contributed by atoms with van der Waals surface area (Å²) in [5.41, 5.74) is 4.22. The van der Waals surface area contributed by atoms with Crippen LogP contribution in [-0.4, -0.2) is 10.6 Å². The van der Waals surface area contributed by atoms with Crippen LogP contribution in [0.15, 0.2) is 24.3 Å². The van der Waals surface area contributed by atoms with Crippen LogP contribution >= 0.6 is 0 Å². The lowest BCUT2D eigenvalue weighted by atomic mass is 9.84. The molecule has 2 nitrogen and oxygen atoms in total. The van der Waals surface area contributed by atoms with Crippen molar-refractivity contribution in [2.24, 2.45) is 13.0 Å².